The minimum absolute atomic E-state index is 0.0173. The van der Waals surface area contributed by atoms with E-state index in [0.717, 1.165) is 18.8 Å². The molecule has 0 aliphatic carbocycles. The zero-order chi connectivity index (χ0) is 22.9. The summed E-state index contributed by atoms with van der Waals surface area (Å²) >= 11 is 0. The number of sulfone groups is 2. The minimum atomic E-state index is -3.81. The molecule has 0 spiro atoms. The van der Waals surface area contributed by atoms with Gasteiger partial charge in [-0.1, -0.05) is 18.2 Å². The molecule has 32 heavy (non-hydrogen) atoms. The predicted molar refractivity (Wildman–Crippen MR) is 126 cm³/mol. The predicted octanol–water partition coefficient (Wildman–Crippen LogP) is 2.24. The van der Waals surface area contributed by atoms with Gasteiger partial charge in [-0.15, -0.1) is 0 Å². The lowest BCUT2D eigenvalue weighted by molar-refractivity contribution is 0.201. The fourth-order valence-electron chi connectivity index (χ4n) is 4.54. The van der Waals surface area contributed by atoms with Crippen molar-refractivity contribution >= 4 is 25.4 Å². The molecule has 2 aromatic rings. The number of ether oxygens (including phenoxy) is 1. The van der Waals surface area contributed by atoms with Gasteiger partial charge < -0.3 is 9.64 Å². The van der Waals surface area contributed by atoms with E-state index in [0.29, 0.717) is 18.8 Å². The van der Waals surface area contributed by atoms with Gasteiger partial charge in [0, 0.05) is 37.9 Å². The van der Waals surface area contributed by atoms with Crippen LogP contribution in [0.5, 0.6) is 5.75 Å². The van der Waals surface area contributed by atoms with Crippen molar-refractivity contribution in [3.8, 4) is 5.75 Å². The summed E-state index contributed by atoms with van der Waals surface area (Å²) in [5.74, 6) is 0.145. The average Bonchev–Trinajstić information content (AvgIpc) is 3.11. The summed E-state index contributed by atoms with van der Waals surface area (Å²) < 4.78 is 57.5. The van der Waals surface area contributed by atoms with Crippen molar-refractivity contribution in [1.82, 2.24) is 4.90 Å². The van der Waals surface area contributed by atoms with Crippen LogP contribution >= 0.6 is 0 Å². The van der Waals surface area contributed by atoms with E-state index in [4.69, 9.17) is 4.74 Å². The first kappa shape index (κ1) is 23.1. The standard InChI is InChI=1S/C23H30N2O5S2/c1-18(2)30-20-8-10-21(11-9-20)32(28,29)23-17-31(26,27)16-22(23)25-14-12-24(13-15-25)19-6-4-3-5-7-19/h3-11,18,22-23H,12-17H2,1-2H3/t22-,23-/m0/s1. The second-order valence-electron chi connectivity index (χ2n) is 8.72. The highest BCUT2D eigenvalue weighted by atomic mass is 32.2. The molecular weight excluding hydrogens is 448 g/mol. The van der Waals surface area contributed by atoms with Crippen LogP contribution in [0, 0.1) is 0 Å². The van der Waals surface area contributed by atoms with Crippen molar-refractivity contribution in [1.29, 1.82) is 0 Å². The van der Waals surface area contributed by atoms with Crippen molar-refractivity contribution in [3.63, 3.8) is 0 Å². The van der Waals surface area contributed by atoms with Crippen LogP contribution in [0.4, 0.5) is 5.69 Å². The van der Waals surface area contributed by atoms with Crippen molar-refractivity contribution in [3.05, 3.63) is 54.6 Å². The van der Waals surface area contributed by atoms with Crippen LogP contribution in [0.1, 0.15) is 13.8 Å². The third-order valence-corrected chi connectivity index (χ3v) is 10.2. The number of hydrogen-bond donors (Lipinski definition) is 0. The summed E-state index contributed by atoms with van der Waals surface area (Å²) in [5.41, 5.74) is 1.12. The lowest BCUT2D eigenvalue weighted by Crippen LogP contribution is -2.55. The van der Waals surface area contributed by atoms with Gasteiger partial charge in [-0.05, 0) is 50.2 Å². The van der Waals surface area contributed by atoms with Crippen LogP contribution in [0.3, 0.4) is 0 Å². The molecule has 2 fully saturated rings. The molecule has 174 valence electrons. The van der Waals surface area contributed by atoms with Gasteiger partial charge in [0.25, 0.3) is 0 Å². The number of para-hydroxylation sites is 1. The fraction of sp³-hybridized carbons (Fsp3) is 0.478. The lowest BCUT2D eigenvalue weighted by atomic mass is 10.1. The number of benzene rings is 2. The van der Waals surface area contributed by atoms with Crippen LogP contribution in [-0.4, -0.2) is 76.8 Å². The van der Waals surface area contributed by atoms with E-state index in [1.165, 1.54) is 12.1 Å². The topological polar surface area (TPSA) is 84.0 Å². The molecule has 9 heteroatoms. The second kappa shape index (κ2) is 9.03. The monoisotopic (exact) mass is 478 g/mol. The third kappa shape index (κ3) is 4.94. The Labute approximate surface area is 190 Å². The SMILES string of the molecule is CC(C)Oc1ccc(S(=O)(=O)[C@H]2CS(=O)(=O)C[C@@H]2N2CCN(c3ccccc3)CC2)cc1. The summed E-state index contributed by atoms with van der Waals surface area (Å²) in [7, 11) is -7.24. The Morgan fingerprint density at radius 1 is 0.906 bits per heavy atom. The van der Waals surface area contributed by atoms with E-state index >= 15 is 0 Å². The Balaban J connectivity index is 1.52. The number of anilines is 1. The molecule has 0 unspecified atom stereocenters. The molecule has 2 aromatic carbocycles. The van der Waals surface area contributed by atoms with Gasteiger partial charge in [-0.25, -0.2) is 16.8 Å². The molecule has 0 N–H and O–H groups in total. The average molecular weight is 479 g/mol. The largest absolute Gasteiger partial charge is 0.491 e. The molecule has 2 heterocycles. The van der Waals surface area contributed by atoms with Crippen molar-refractivity contribution in [2.45, 2.75) is 36.1 Å². The number of hydrogen-bond acceptors (Lipinski definition) is 7. The van der Waals surface area contributed by atoms with E-state index in [1.54, 1.807) is 12.1 Å². The quantitative estimate of drug-likeness (QED) is 0.630. The highest BCUT2D eigenvalue weighted by molar-refractivity contribution is 7.96. The molecular formula is C23H30N2O5S2. The van der Waals surface area contributed by atoms with Gasteiger partial charge in [0.05, 0.1) is 27.8 Å². The zero-order valence-corrected chi connectivity index (χ0v) is 20.1. The minimum Gasteiger partial charge on any atom is -0.491 e. The normalized spacial score (nSPS) is 24.0. The van der Waals surface area contributed by atoms with Crippen LogP contribution in [-0.2, 0) is 19.7 Å². The molecule has 2 atom stereocenters. The zero-order valence-electron chi connectivity index (χ0n) is 18.4. The van der Waals surface area contributed by atoms with Gasteiger partial charge in [-0.2, -0.15) is 0 Å². The van der Waals surface area contributed by atoms with Crippen LogP contribution < -0.4 is 9.64 Å². The lowest BCUT2D eigenvalue weighted by Gasteiger charge is -2.40. The Hall–Kier alpha value is -2.10. The summed E-state index contributed by atoms with van der Waals surface area (Å²) in [4.78, 5) is 4.43. The Morgan fingerprint density at radius 2 is 1.53 bits per heavy atom. The molecule has 2 aliphatic rings. The highest BCUT2D eigenvalue weighted by Gasteiger charge is 2.48. The van der Waals surface area contributed by atoms with Gasteiger partial charge in [0.15, 0.2) is 19.7 Å². The van der Waals surface area contributed by atoms with Gasteiger partial charge in [0.1, 0.15) is 5.75 Å². The number of rotatable bonds is 6. The fourth-order valence-corrected chi connectivity index (χ4v) is 9.37. The summed E-state index contributed by atoms with van der Waals surface area (Å²) in [5, 5.41) is -0.965. The maximum Gasteiger partial charge on any atom is 0.183 e. The van der Waals surface area contributed by atoms with Gasteiger partial charge in [0.2, 0.25) is 0 Å². The van der Waals surface area contributed by atoms with Gasteiger partial charge >= 0.3 is 0 Å². The van der Waals surface area contributed by atoms with Crippen molar-refractivity contribution < 1.29 is 21.6 Å². The van der Waals surface area contributed by atoms with Crippen molar-refractivity contribution in [2.75, 3.05) is 42.6 Å². The first-order valence-electron chi connectivity index (χ1n) is 10.9. The number of nitrogens with zero attached hydrogens (tertiary/aromatic N) is 2. The van der Waals surface area contributed by atoms with E-state index in [2.05, 4.69) is 17.0 Å². The first-order valence-corrected chi connectivity index (χ1v) is 14.3. The van der Waals surface area contributed by atoms with E-state index in [9.17, 15) is 16.8 Å². The Morgan fingerprint density at radius 3 is 2.12 bits per heavy atom. The summed E-state index contributed by atoms with van der Waals surface area (Å²) in [6.07, 6.45) is -0.0173. The Bertz CT molecular complexity index is 1120. The van der Waals surface area contributed by atoms with E-state index in [-0.39, 0.29) is 22.5 Å². The van der Waals surface area contributed by atoms with Crippen molar-refractivity contribution in [2.24, 2.45) is 0 Å². The van der Waals surface area contributed by atoms with E-state index in [1.807, 2.05) is 36.9 Å². The molecule has 4 rings (SSSR count). The summed E-state index contributed by atoms with van der Waals surface area (Å²) in [6, 6.07) is 15.8. The van der Waals surface area contributed by atoms with Gasteiger partial charge in [-0.3, -0.25) is 4.90 Å². The smallest absolute Gasteiger partial charge is 0.183 e. The Kier molecular flexibility index (Phi) is 6.51. The maximum atomic E-state index is 13.5. The molecule has 2 saturated heterocycles. The van der Waals surface area contributed by atoms with Crippen LogP contribution in [0.25, 0.3) is 0 Å². The maximum absolute atomic E-state index is 13.5. The third-order valence-electron chi connectivity index (χ3n) is 6.10. The number of piperazine rings is 1. The molecule has 2 aliphatic heterocycles. The second-order valence-corrected chi connectivity index (χ2v) is 13.0. The molecule has 0 saturated carbocycles. The van der Waals surface area contributed by atoms with Crippen LogP contribution in [0.2, 0.25) is 0 Å². The van der Waals surface area contributed by atoms with Crippen LogP contribution in [0.15, 0.2) is 59.5 Å². The first-order chi connectivity index (χ1) is 15.2. The molecule has 7 nitrogen and oxygen atoms in total. The highest BCUT2D eigenvalue weighted by Crippen LogP contribution is 2.31. The molecule has 0 amide bonds. The molecule has 0 radical (unpaired) electrons. The summed E-state index contributed by atoms with van der Waals surface area (Å²) in [6.45, 7) is 6.51. The molecule has 0 aromatic heterocycles. The van der Waals surface area contributed by atoms with E-state index < -0.39 is 31.0 Å². The molecule has 0 bridgehead atoms.